The minimum Gasteiger partial charge on any atom is -0.336 e. The van der Waals surface area contributed by atoms with Crippen molar-refractivity contribution in [3.8, 4) is 11.3 Å². The molecule has 1 aliphatic carbocycles. The van der Waals surface area contributed by atoms with E-state index >= 15 is 0 Å². The molecule has 4 rings (SSSR count). The van der Waals surface area contributed by atoms with Gasteiger partial charge in [0.1, 0.15) is 11.6 Å². The second-order valence-electron chi connectivity index (χ2n) is 5.15. The van der Waals surface area contributed by atoms with Crippen LogP contribution in [0.1, 0.15) is 11.1 Å². The van der Waals surface area contributed by atoms with Gasteiger partial charge in [-0.05, 0) is 29.8 Å². The summed E-state index contributed by atoms with van der Waals surface area (Å²) in [6.07, 6.45) is 0.694. The molecule has 110 valence electrons. The molecule has 0 saturated heterocycles. The smallest absolute Gasteiger partial charge is 0.156 e. The van der Waals surface area contributed by atoms with Crippen molar-refractivity contribution in [1.82, 2.24) is 10.2 Å². The van der Waals surface area contributed by atoms with Crippen molar-refractivity contribution in [3.05, 3.63) is 63.6 Å². The first kappa shape index (κ1) is 13.5. The minimum atomic E-state index is -0.517. The summed E-state index contributed by atoms with van der Waals surface area (Å²) in [4.78, 5) is 0. The van der Waals surface area contributed by atoms with E-state index in [-0.39, 0.29) is 5.69 Å². The van der Waals surface area contributed by atoms with Crippen LogP contribution in [0.25, 0.3) is 11.3 Å². The summed E-state index contributed by atoms with van der Waals surface area (Å²) < 4.78 is 28.0. The van der Waals surface area contributed by atoms with E-state index < -0.39 is 11.6 Å². The number of nitrogens with zero attached hydrogens (tertiary/aromatic N) is 1. The van der Waals surface area contributed by atoms with Crippen LogP contribution in [-0.2, 0) is 6.42 Å². The lowest BCUT2D eigenvalue weighted by Crippen LogP contribution is -1.98. The number of benzene rings is 2. The highest BCUT2D eigenvalue weighted by atomic mass is 79.9. The highest BCUT2D eigenvalue weighted by molar-refractivity contribution is 9.10. The van der Waals surface area contributed by atoms with Crippen LogP contribution < -0.4 is 5.32 Å². The number of hydrogen-bond acceptors (Lipinski definition) is 2. The molecule has 0 unspecified atom stereocenters. The van der Waals surface area contributed by atoms with E-state index in [4.69, 9.17) is 0 Å². The maximum Gasteiger partial charge on any atom is 0.156 e. The predicted octanol–water partition coefficient (Wildman–Crippen LogP) is 4.77. The Balaban J connectivity index is 1.73. The number of H-pyrrole nitrogens is 1. The zero-order valence-corrected chi connectivity index (χ0v) is 12.8. The number of rotatable bonds is 2. The van der Waals surface area contributed by atoms with E-state index in [0.717, 1.165) is 39.5 Å². The second-order valence-corrected chi connectivity index (χ2v) is 6.07. The monoisotopic (exact) mass is 361 g/mol. The van der Waals surface area contributed by atoms with Gasteiger partial charge < -0.3 is 5.32 Å². The van der Waals surface area contributed by atoms with Gasteiger partial charge in [0.2, 0.25) is 0 Å². The van der Waals surface area contributed by atoms with Gasteiger partial charge in [-0.2, -0.15) is 5.10 Å². The number of anilines is 2. The lowest BCUT2D eigenvalue weighted by Gasteiger charge is -2.06. The largest absolute Gasteiger partial charge is 0.336 e. The molecule has 0 saturated carbocycles. The topological polar surface area (TPSA) is 40.7 Å². The number of nitrogens with one attached hydrogen (secondary N) is 2. The standard InChI is InChI=1S/C16H10BrF2N3/c17-9-1-3-11-8(5-9)6-12-15(11)21-22-16(12)20-14-7-10(18)2-4-13(14)19/h1-5,7H,6H2,(H2,20,21,22). The lowest BCUT2D eigenvalue weighted by molar-refractivity contribution is 0.603. The van der Waals surface area contributed by atoms with E-state index in [9.17, 15) is 8.78 Å². The van der Waals surface area contributed by atoms with Gasteiger partial charge in [-0.1, -0.05) is 22.0 Å². The highest BCUT2D eigenvalue weighted by Gasteiger charge is 2.25. The summed E-state index contributed by atoms with van der Waals surface area (Å²) >= 11 is 3.46. The first-order valence-corrected chi connectivity index (χ1v) is 7.49. The third-order valence-corrected chi connectivity index (χ3v) is 4.25. The van der Waals surface area contributed by atoms with Crippen LogP contribution in [0.15, 0.2) is 40.9 Å². The Morgan fingerprint density at radius 2 is 2.00 bits per heavy atom. The van der Waals surface area contributed by atoms with Crippen LogP contribution in [-0.4, -0.2) is 10.2 Å². The molecule has 22 heavy (non-hydrogen) atoms. The van der Waals surface area contributed by atoms with Crippen LogP contribution >= 0.6 is 15.9 Å². The third kappa shape index (κ3) is 2.11. The molecule has 0 radical (unpaired) electrons. The van der Waals surface area contributed by atoms with Crippen molar-refractivity contribution in [1.29, 1.82) is 0 Å². The van der Waals surface area contributed by atoms with E-state index in [0.29, 0.717) is 12.2 Å². The summed E-state index contributed by atoms with van der Waals surface area (Å²) in [6.45, 7) is 0. The van der Waals surface area contributed by atoms with Crippen LogP contribution in [0.2, 0.25) is 0 Å². The molecule has 2 aromatic carbocycles. The maximum atomic E-state index is 13.8. The van der Waals surface area contributed by atoms with Crippen molar-refractivity contribution >= 4 is 27.4 Å². The van der Waals surface area contributed by atoms with E-state index in [1.807, 2.05) is 12.1 Å². The molecule has 2 N–H and O–H groups in total. The van der Waals surface area contributed by atoms with Crippen molar-refractivity contribution in [3.63, 3.8) is 0 Å². The van der Waals surface area contributed by atoms with Crippen molar-refractivity contribution < 1.29 is 8.78 Å². The molecule has 0 atom stereocenters. The fraction of sp³-hybridized carbons (Fsp3) is 0.0625. The van der Waals surface area contributed by atoms with Gasteiger partial charge in [0.05, 0.1) is 11.4 Å². The number of hydrogen-bond donors (Lipinski definition) is 2. The Morgan fingerprint density at radius 1 is 1.14 bits per heavy atom. The molecular weight excluding hydrogens is 352 g/mol. The molecule has 0 amide bonds. The maximum absolute atomic E-state index is 13.8. The summed E-state index contributed by atoms with van der Waals surface area (Å²) in [6, 6.07) is 9.33. The number of halogens is 3. The highest BCUT2D eigenvalue weighted by Crippen LogP contribution is 2.40. The van der Waals surface area contributed by atoms with Gasteiger partial charge in [-0.25, -0.2) is 8.78 Å². The van der Waals surface area contributed by atoms with Crippen LogP contribution in [0.3, 0.4) is 0 Å². The predicted molar refractivity (Wildman–Crippen MR) is 84.2 cm³/mol. The SMILES string of the molecule is Fc1ccc(F)c(Nc2n[nH]c3c2Cc2cc(Br)ccc2-3)c1. The van der Waals surface area contributed by atoms with Crippen molar-refractivity contribution in [2.24, 2.45) is 0 Å². The summed E-state index contributed by atoms with van der Waals surface area (Å²) in [5.41, 5.74) is 4.20. The van der Waals surface area contributed by atoms with Gasteiger partial charge in [0, 0.05) is 28.1 Å². The Labute approximate surface area is 133 Å². The Hall–Kier alpha value is -2.21. The molecule has 1 aliphatic rings. The van der Waals surface area contributed by atoms with Crippen LogP contribution in [0.5, 0.6) is 0 Å². The normalized spacial score (nSPS) is 12.1. The van der Waals surface area contributed by atoms with Crippen LogP contribution in [0.4, 0.5) is 20.3 Å². The first-order valence-electron chi connectivity index (χ1n) is 6.70. The van der Waals surface area contributed by atoms with Gasteiger partial charge >= 0.3 is 0 Å². The van der Waals surface area contributed by atoms with E-state index in [1.54, 1.807) is 0 Å². The number of fused-ring (bicyclic) bond motifs is 3. The lowest BCUT2D eigenvalue weighted by atomic mass is 10.1. The van der Waals surface area contributed by atoms with E-state index in [1.165, 1.54) is 5.56 Å². The molecule has 3 nitrogen and oxygen atoms in total. The van der Waals surface area contributed by atoms with Crippen molar-refractivity contribution in [2.75, 3.05) is 5.32 Å². The fourth-order valence-corrected chi connectivity index (χ4v) is 3.14. The average Bonchev–Trinajstić information content (AvgIpc) is 3.02. The zero-order valence-electron chi connectivity index (χ0n) is 11.3. The number of aromatic amines is 1. The second kappa shape index (κ2) is 4.91. The van der Waals surface area contributed by atoms with Gasteiger partial charge in [0.25, 0.3) is 0 Å². The van der Waals surface area contributed by atoms with E-state index in [2.05, 4.69) is 37.5 Å². The summed E-state index contributed by atoms with van der Waals surface area (Å²) in [5.74, 6) is -0.494. The fourth-order valence-electron chi connectivity index (χ4n) is 2.73. The molecule has 0 aliphatic heterocycles. The molecule has 6 heteroatoms. The van der Waals surface area contributed by atoms with Gasteiger partial charge in [0.15, 0.2) is 5.82 Å². The molecular formula is C16H10BrF2N3. The van der Waals surface area contributed by atoms with Crippen LogP contribution in [0, 0.1) is 11.6 Å². The third-order valence-electron chi connectivity index (χ3n) is 3.75. The number of aromatic nitrogens is 2. The molecule has 0 fully saturated rings. The zero-order chi connectivity index (χ0) is 15.3. The molecule has 1 heterocycles. The van der Waals surface area contributed by atoms with Gasteiger partial charge in [-0.3, -0.25) is 5.10 Å². The summed E-state index contributed by atoms with van der Waals surface area (Å²) in [5, 5.41) is 10.0. The summed E-state index contributed by atoms with van der Waals surface area (Å²) in [7, 11) is 0. The Kier molecular flexibility index (Phi) is 3.00. The van der Waals surface area contributed by atoms with Crippen molar-refractivity contribution in [2.45, 2.75) is 6.42 Å². The molecule has 0 bridgehead atoms. The average molecular weight is 362 g/mol. The Bertz CT molecular complexity index is 889. The molecule has 3 aromatic rings. The quantitative estimate of drug-likeness (QED) is 0.540. The van der Waals surface area contributed by atoms with Gasteiger partial charge in [-0.15, -0.1) is 0 Å². The molecule has 0 spiro atoms. The Morgan fingerprint density at radius 3 is 2.86 bits per heavy atom. The first-order chi connectivity index (χ1) is 10.6. The molecule has 1 aromatic heterocycles. The minimum absolute atomic E-state index is 0.0754.